The van der Waals surface area contributed by atoms with Crippen LogP contribution < -0.4 is 10.3 Å². The number of amides is 1. The van der Waals surface area contributed by atoms with Crippen LogP contribution in [-0.2, 0) is 4.79 Å². The number of benzene rings is 3. The number of carbonyl (C=O) groups is 2. The monoisotopic (exact) mass is 623 g/mol. The molecule has 0 unspecified atom stereocenters. The number of anilines is 1. The minimum Gasteiger partial charge on any atom is -0.481 e. The van der Waals surface area contributed by atoms with Gasteiger partial charge in [-0.05, 0) is 75.8 Å². The Balaban J connectivity index is 1.44. The highest BCUT2D eigenvalue weighted by Crippen LogP contribution is 2.42. The summed E-state index contributed by atoms with van der Waals surface area (Å²) in [6.07, 6.45) is 2.05. The van der Waals surface area contributed by atoms with Crippen LogP contribution in [0.15, 0.2) is 70.1 Å². The van der Waals surface area contributed by atoms with Gasteiger partial charge >= 0.3 is 5.97 Å². The zero-order valence-electron chi connectivity index (χ0n) is 27.2. The van der Waals surface area contributed by atoms with E-state index in [0.29, 0.717) is 38.0 Å². The maximum Gasteiger partial charge on any atom is 0.306 e. The van der Waals surface area contributed by atoms with Gasteiger partial charge in [-0.15, -0.1) is 0 Å². The summed E-state index contributed by atoms with van der Waals surface area (Å²) in [6.45, 7) is 9.61. The predicted molar refractivity (Wildman–Crippen MR) is 182 cm³/mol. The van der Waals surface area contributed by atoms with Crippen molar-refractivity contribution in [3.8, 4) is 22.5 Å². The molecule has 2 aromatic rings. The van der Waals surface area contributed by atoms with Crippen molar-refractivity contribution < 1.29 is 19.1 Å². The van der Waals surface area contributed by atoms with Crippen LogP contribution in [0.2, 0.25) is 0 Å². The van der Waals surface area contributed by atoms with Crippen LogP contribution >= 0.6 is 0 Å². The molecule has 0 radical (unpaired) electrons. The van der Waals surface area contributed by atoms with Crippen molar-refractivity contribution in [3.63, 3.8) is 0 Å². The first-order valence-electron chi connectivity index (χ1n) is 16.6. The Morgan fingerprint density at radius 3 is 2.43 bits per heavy atom. The zero-order valence-corrected chi connectivity index (χ0v) is 27.2. The largest absolute Gasteiger partial charge is 0.481 e. The number of carbonyl (C=O) groups excluding carboxylic acids is 1. The molecule has 0 atom stereocenters. The van der Waals surface area contributed by atoms with E-state index in [4.69, 9.17) is 9.41 Å². The van der Waals surface area contributed by atoms with E-state index in [-0.39, 0.29) is 5.91 Å². The second-order valence-electron chi connectivity index (χ2n) is 12.8. The molecule has 3 aliphatic heterocycles. The van der Waals surface area contributed by atoms with Gasteiger partial charge in [0.15, 0.2) is 0 Å². The average Bonchev–Trinajstić information content (AvgIpc) is 3.07. The van der Waals surface area contributed by atoms with Crippen molar-refractivity contribution in [1.29, 1.82) is 0 Å². The van der Waals surface area contributed by atoms with Gasteiger partial charge in [-0.1, -0.05) is 25.1 Å². The third-order valence-electron chi connectivity index (χ3n) is 9.50. The lowest BCUT2D eigenvalue weighted by Gasteiger charge is -2.34. The topological polar surface area (TPSA) is 92.8 Å². The number of aliphatic carboxylic acids is 1. The summed E-state index contributed by atoms with van der Waals surface area (Å²) in [5.74, 6) is -0.526. The van der Waals surface area contributed by atoms with Gasteiger partial charge in [0, 0.05) is 85.7 Å². The van der Waals surface area contributed by atoms with Gasteiger partial charge < -0.3 is 29.1 Å². The van der Waals surface area contributed by atoms with Gasteiger partial charge in [-0.25, -0.2) is 0 Å². The number of nitrogens with zero attached hydrogens (tertiary/aromatic N) is 5. The summed E-state index contributed by atoms with van der Waals surface area (Å²) < 4.78 is 6.66. The van der Waals surface area contributed by atoms with Crippen molar-refractivity contribution in [3.05, 3.63) is 71.6 Å². The Labute approximate surface area is 271 Å². The standard InChI is InChI=1S/C37H45N5O4/c1-4-16-39(2)19-15-38-27-9-11-31-33(24-27)46-34-25-28(41-22-20-40(3)21-23-41)10-12-32(34)35(31)29-7-5-6-8-30(29)36(43)42-17-13-26(14-18-42)37(44)45/h5-12,24-26H,4,13-23H2,1-3H3,(H,44,45)/b38-27+. The van der Waals surface area contributed by atoms with Crippen LogP contribution in [0, 0.1) is 5.92 Å². The number of likely N-dealkylation sites (N-methyl/N-ethyl adjacent to an activating group) is 2. The molecule has 2 aromatic carbocycles. The van der Waals surface area contributed by atoms with E-state index in [1.54, 1.807) is 4.90 Å². The first-order chi connectivity index (χ1) is 22.3. The van der Waals surface area contributed by atoms with Gasteiger partial charge in [0.1, 0.15) is 11.3 Å². The van der Waals surface area contributed by atoms with Gasteiger partial charge in [0.05, 0.1) is 17.8 Å². The Kier molecular flexibility index (Phi) is 9.70. The van der Waals surface area contributed by atoms with Crippen LogP contribution in [-0.4, -0.2) is 105 Å². The first-order valence-corrected chi connectivity index (χ1v) is 16.6. The molecule has 2 saturated heterocycles. The van der Waals surface area contributed by atoms with Crippen LogP contribution in [0.3, 0.4) is 0 Å². The van der Waals surface area contributed by atoms with E-state index in [0.717, 1.165) is 90.2 Å². The lowest BCUT2D eigenvalue weighted by Crippen LogP contribution is -2.44. The highest BCUT2D eigenvalue weighted by atomic mass is 16.4. The lowest BCUT2D eigenvalue weighted by molar-refractivity contribution is -0.143. The van der Waals surface area contributed by atoms with E-state index >= 15 is 0 Å². The summed E-state index contributed by atoms with van der Waals surface area (Å²) in [5.41, 5.74) is 5.23. The maximum absolute atomic E-state index is 14.0. The number of hydrogen-bond donors (Lipinski definition) is 1. The minimum atomic E-state index is -0.784. The number of carboxylic acid groups (broad SMARTS) is 1. The molecule has 9 heteroatoms. The number of hydrogen-bond acceptors (Lipinski definition) is 7. The van der Waals surface area contributed by atoms with Crippen molar-refractivity contribution in [2.45, 2.75) is 26.2 Å². The average molecular weight is 624 g/mol. The van der Waals surface area contributed by atoms with Crippen molar-refractivity contribution in [2.75, 3.05) is 77.9 Å². The normalized spacial score (nSPS) is 17.0. The molecule has 2 fully saturated rings. The Morgan fingerprint density at radius 2 is 1.70 bits per heavy atom. The molecule has 1 amide bonds. The molecule has 1 N–H and O–H groups in total. The third kappa shape index (κ3) is 6.81. The third-order valence-corrected chi connectivity index (χ3v) is 9.50. The summed E-state index contributed by atoms with van der Waals surface area (Å²) in [7, 11) is 4.28. The molecule has 46 heavy (non-hydrogen) atoms. The highest BCUT2D eigenvalue weighted by Gasteiger charge is 2.30. The SMILES string of the molecule is CCCN(C)CC/N=c1\ccc2c(-c3ccccc3C(=O)N3CCC(C(=O)O)CC3)c3ccc(N4CCN(C)CC4)cc3oc-2c1. The molecule has 0 aromatic heterocycles. The smallest absolute Gasteiger partial charge is 0.306 e. The Bertz CT molecular complexity index is 1730. The number of carboxylic acids is 1. The van der Waals surface area contributed by atoms with Crippen LogP contribution in [0.5, 0.6) is 0 Å². The fraction of sp³-hybridized carbons (Fsp3) is 0.432. The lowest BCUT2D eigenvalue weighted by atomic mass is 9.89. The van der Waals surface area contributed by atoms with E-state index in [2.05, 4.69) is 60.0 Å². The minimum absolute atomic E-state index is 0.0709. The van der Waals surface area contributed by atoms with Gasteiger partial charge in [-0.3, -0.25) is 14.6 Å². The van der Waals surface area contributed by atoms with Gasteiger partial charge in [0.25, 0.3) is 5.91 Å². The van der Waals surface area contributed by atoms with E-state index in [9.17, 15) is 14.7 Å². The number of fused-ring (bicyclic) bond motifs is 2. The second-order valence-corrected chi connectivity index (χ2v) is 12.8. The molecule has 6 rings (SSSR count). The molecule has 9 nitrogen and oxygen atoms in total. The molecule has 0 spiro atoms. The Morgan fingerprint density at radius 1 is 0.935 bits per heavy atom. The van der Waals surface area contributed by atoms with Crippen molar-refractivity contribution >= 4 is 28.5 Å². The predicted octanol–water partition coefficient (Wildman–Crippen LogP) is 5.14. The van der Waals surface area contributed by atoms with Crippen molar-refractivity contribution in [1.82, 2.24) is 14.7 Å². The van der Waals surface area contributed by atoms with Crippen molar-refractivity contribution in [2.24, 2.45) is 10.9 Å². The van der Waals surface area contributed by atoms with Crippen LogP contribution in [0.25, 0.3) is 33.4 Å². The summed E-state index contributed by atoms with van der Waals surface area (Å²) in [5, 5.41) is 11.3. The quantitative estimate of drug-likeness (QED) is 0.258. The highest BCUT2D eigenvalue weighted by molar-refractivity contribution is 6.09. The molecular formula is C37H45N5O4. The number of rotatable bonds is 9. The fourth-order valence-corrected chi connectivity index (χ4v) is 6.75. The maximum atomic E-state index is 14.0. The molecule has 0 bridgehead atoms. The van der Waals surface area contributed by atoms with E-state index < -0.39 is 11.9 Å². The van der Waals surface area contributed by atoms with Gasteiger partial charge in [0.2, 0.25) is 0 Å². The van der Waals surface area contributed by atoms with E-state index in [1.807, 2.05) is 36.4 Å². The fourth-order valence-electron chi connectivity index (χ4n) is 6.75. The van der Waals surface area contributed by atoms with Crippen LogP contribution in [0.4, 0.5) is 5.69 Å². The molecule has 4 aliphatic rings. The Hall–Kier alpha value is -4.21. The number of piperidine rings is 1. The number of piperazine rings is 1. The molecular weight excluding hydrogens is 578 g/mol. The molecule has 0 saturated carbocycles. The zero-order chi connectivity index (χ0) is 32.2. The summed E-state index contributed by atoms with van der Waals surface area (Å²) in [4.78, 5) is 39.3. The molecule has 1 aliphatic carbocycles. The first kappa shape index (κ1) is 31.8. The molecule has 3 heterocycles. The number of likely N-dealkylation sites (tertiary alicyclic amines) is 1. The van der Waals surface area contributed by atoms with Crippen LogP contribution in [0.1, 0.15) is 36.5 Å². The second kappa shape index (κ2) is 14.1. The molecule has 242 valence electrons. The summed E-state index contributed by atoms with van der Waals surface area (Å²) in [6, 6.07) is 20.3. The van der Waals surface area contributed by atoms with Gasteiger partial charge in [-0.2, -0.15) is 0 Å². The van der Waals surface area contributed by atoms with E-state index in [1.165, 1.54) is 0 Å². The summed E-state index contributed by atoms with van der Waals surface area (Å²) >= 11 is 0.